The third-order valence-corrected chi connectivity index (χ3v) is 4.27. The van der Waals surface area contributed by atoms with Gasteiger partial charge in [0, 0.05) is 6.04 Å². The maximum Gasteiger partial charge on any atom is 0.261 e. The second kappa shape index (κ2) is 8.35. The van der Waals surface area contributed by atoms with E-state index in [1.165, 1.54) is 0 Å². The van der Waals surface area contributed by atoms with Crippen LogP contribution in [0.25, 0.3) is 10.9 Å². The summed E-state index contributed by atoms with van der Waals surface area (Å²) in [5.74, 6) is 0.701. The standard InChI is InChI=1S/C21H20N4O3/c1-14(2)25(20(26)13-28-16-9-7-15(11-22)8-10-16)12-19-23-18-6-4-3-5-17(18)21(27)24-19/h3-10,14H,12-13H2,1-2H3,(H,23,24,27). The number of para-hydroxylation sites is 1. The predicted molar refractivity (Wildman–Crippen MR) is 105 cm³/mol. The van der Waals surface area contributed by atoms with E-state index in [1.54, 1.807) is 47.4 Å². The van der Waals surface area contributed by atoms with Crippen molar-refractivity contribution in [2.75, 3.05) is 6.61 Å². The number of nitriles is 1. The fourth-order valence-corrected chi connectivity index (χ4v) is 2.78. The fraction of sp³-hybridized carbons (Fsp3) is 0.238. The van der Waals surface area contributed by atoms with Gasteiger partial charge in [-0.15, -0.1) is 0 Å². The van der Waals surface area contributed by atoms with Crippen molar-refractivity contribution in [3.05, 3.63) is 70.3 Å². The lowest BCUT2D eigenvalue weighted by atomic mass is 10.2. The van der Waals surface area contributed by atoms with Crippen molar-refractivity contribution in [2.24, 2.45) is 0 Å². The SMILES string of the molecule is CC(C)N(Cc1nc2ccccc2c(=O)[nH]1)C(=O)COc1ccc(C#N)cc1. The van der Waals surface area contributed by atoms with Gasteiger partial charge in [-0.05, 0) is 50.2 Å². The van der Waals surface area contributed by atoms with Crippen LogP contribution < -0.4 is 10.3 Å². The average Bonchev–Trinajstić information content (AvgIpc) is 2.70. The summed E-state index contributed by atoms with van der Waals surface area (Å²) in [6, 6.07) is 15.6. The van der Waals surface area contributed by atoms with E-state index in [0.717, 1.165) is 0 Å². The number of nitrogens with zero attached hydrogens (tertiary/aromatic N) is 3. The van der Waals surface area contributed by atoms with Crippen molar-refractivity contribution in [3.8, 4) is 11.8 Å². The van der Waals surface area contributed by atoms with Gasteiger partial charge >= 0.3 is 0 Å². The first kappa shape index (κ1) is 19.1. The van der Waals surface area contributed by atoms with Gasteiger partial charge in [0.05, 0.1) is 29.1 Å². The number of rotatable bonds is 6. The highest BCUT2D eigenvalue weighted by Crippen LogP contribution is 2.13. The molecule has 7 nitrogen and oxygen atoms in total. The predicted octanol–water partition coefficient (Wildman–Crippen LogP) is 2.61. The Labute approximate surface area is 162 Å². The number of hydrogen-bond acceptors (Lipinski definition) is 5. The highest BCUT2D eigenvalue weighted by atomic mass is 16.5. The van der Waals surface area contributed by atoms with Crippen LogP contribution in [0.2, 0.25) is 0 Å². The first-order valence-electron chi connectivity index (χ1n) is 8.88. The second-order valence-corrected chi connectivity index (χ2v) is 6.57. The number of hydrogen-bond donors (Lipinski definition) is 1. The first-order valence-corrected chi connectivity index (χ1v) is 8.88. The zero-order valence-corrected chi connectivity index (χ0v) is 15.7. The van der Waals surface area contributed by atoms with Gasteiger partial charge in [0.15, 0.2) is 6.61 Å². The number of aromatic nitrogens is 2. The van der Waals surface area contributed by atoms with E-state index in [1.807, 2.05) is 26.0 Å². The van der Waals surface area contributed by atoms with Gasteiger partial charge in [-0.3, -0.25) is 9.59 Å². The average molecular weight is 376 g/mol. The van der Waals surface area contributed by atoms with E-state index >= 15 is 0 Å². The molecule has 0 atom stereocenters. The summed E-state index contributed by atoms with van der Waals surface area (Å²) in [7, 11) is 0. The van der Waals surface area contributed by atoms with Crippen molar-refractivity contribution in [2.45, 2.75) is 26.4 Å². The van der Waals surface area contributed by atoms with E-state index in [4.69, 9.17) is 10.00 Å². The van der Waals surface area contributed by atoms with Crippen molar-refractivity contribution in [1.82, 2.24) is 14.9 Å². The lowest BCUT2D eigenvalue weighted by Gasteiger charge is -2.26. The largest absolute Gasteiger partial charge is 0.484 e. The maximum absolute atomic E-state index is 12.7. The molecule has 0 radical (unpaired) electrons. The minimum atomic E-state index is -0.231. The molecule has 142 valence electrons. The number of H-pyrrole nitrogens is 1. The Kier molecular flexibility index (Phi) is 5.70. The van der Waals surface area contributed by atoms with Gasteiger partial charge in [-0.1, -0.05) is 12.1 Å². The van der Waals surface area contributed by atoms with Crippen LogP contribution in [0.15, 0.2) is 53.3 Å². The van der Waals surface area contributed by atoms with Crippen LogP contribution in [0.5, 0.6) is 5.75 Å². The van der Waals surface area contributed by atoms with E-state index in [9.17, 15) is 9.59 Å². The molecule has 0 saturated heterocycles. The molecule has 3 aromatic rings. The quantitative estimate of drug-likeness (QED) is 0.713. The number of amides is 1. The molecule has 1 aromatic heterocycles. The Morgan fingerprint density at radius 1 is 1.21 bits per heavy atom. The van der Waals surface area contributed by atoms with E-state index in [-0.39, 0.29) is 30.7 Å². The third-order valence-electron chi connectivity index (χ3n) is 4.27. The lowest BCUT2D eigenvalue weighted by molar-refractivity contribution is -0.135. The molecule has 2 aromatic carbocycles. The Morgan fingerprint density at radius 3 is 2.61 bits per heavy atom. The van der Waals surface area contributed by atoms with Crippen molar-refractivity contribution >= 4 is 16.8 Å². The van der Waals surface area contributed by atoms with E-state index < -0.39 is 0 Å². The molecule has 0 fully saturated rings. The number of aromatic amines is 1. The van der Waals surface area contributed by atoms with Crippen LogP contribution in [0.4, 0.5) is 0 Å². The van der Waals surface area contributed by atoms with Crippen LogP contribution >= 0.6 is 0 Å². The summed E-state index contributed by atoms with van der Waals surface area (Å²) in [6.45, 7) is 3.80. The second-order valence-electron chi connectivity index (χ2n) is 6.57. The van der Waals surface area contributed by atoms with Gasteiger partial charge in [0.1, 0.15) is 11.6 Å². The molecule has 1 amide bonds. The zero-order chi connectivity index (χ0) is 20.1. The number of carbonyl (C=O) groups excluding carboxylic acids is 1. The van der Waals surface area contributed by atoms with Gasteiger partial charge in [-0.25, -0.2) is 4.98 Å². The van der Waals surface area contributed by atoms with Gasteiger partial charge < -0.3 is 14.6 Å². The summed E-state index contributed by atoms with van der Waals surface area (Å²) >= 11 is 0. The topological polar surface area (TPSA) is 99.1 Å². The molecule has 0 bridgehead atoms. The minimum Gasteiger partial charge on any atom is -0.484 e. The molecule has 1 heterocycles. The summed E-state index contributed by atoms with van der Waals surface area (Å²) in [6.07, 6.45) is 0. The van der Waals surface area contributed by atoms with Crippen LogP contribution in [0.3, 0.4) is 0 Å². The molecule has 0 aliphatic heterocycles. The molecule has 0 unspecified atom stereocenters. The van der Waals surface area contributed by atoms with Crippen LogP contribution in [0.1, 0.15) is 25.2 Å². The smallest absolute Gasteiger partial charge is 0.261 e. The highest BCUT2D eigenvalue weighted by molar-refractivity contribution is 5.79. The van der Waals surface area contributed by atoms with Crippen LogP contribution in [0, 0.1) is 11.3 Å². The monoisotopic (exact) mass is 376 g/mol. The molecule has 0 aliphatic rings. The molecule has 28 heavy (non-hydrogen) atoms. The fourth-order valence-electron chi connectivity index (χ4n) is 2.78. The molecule has 0 spiro atoms. The number of nitrogens with one attached hydrogen (secondary N) is 1. The van der Waals surface area contributed by atoms with Gasteiger partial charge in [0.2, 0.25) is 0 Å². The third kappa shape index (κ3) is 4.35. The molecular weight excluding hydrogens is 356 g/mol. The summed E-state index contributed by atoms with van der Waals surface area (Å²) in [4.78, 5) is 33.7. The Hall–Kier alpha value is -3.66. The highest BCUT2D eigenvalue weighted by Gasteiger charge is 2.19. The summed E-state index contributed by atoms with van der Waals surface area (Å²) < 4.78 is 5.54. The van der Waals surface area contributed by atoms with Crippen molar-refractivity contribution < 1.29 is 9.53 Å². The van der Waals surface area contributed by atoms with Crippen LogP contribution in [-0.4, -0.2) is 33.4 Å². The molecular formula is C21H20N4O3. The first-order chi connectivity index (χ1) is 13.5. The lowest BCUT2D eigenvalue weighted by Crippen LogP contribution is -2.40. The van der Waals surface area contributed by atoms with Crippen LogP contribution in [-0.2, 0) is 11.3 Å². The molecule has 1 N–H and O–H groups in total. The number of benzene rings is 2. The normalized spacial score (nSPS) is 10.6. The minimum absolute atomic E-state index is 0.103. The van der Waals surface area contributed by atoms with Gasteiger partial charge in [-0.2, -0.15) is 5.26 Å². The molecule has 0 aliphatic carbocycles. The zero-order valence-electron chi connectivity index (χ0n) is 15.7. The Morgan fingerprint density at radius 2 is 1.93 bits per heavy atom. The molecule has 3 rings (SSSR count). The van der Waals surface area contributed by atoms with E-state index in [0.29, 0.717) is 28.0 Å². The number of fused-ring (bicyclic) bond motifs is 1. The van der Waals surface area contributed by atoms with Gasteiger partial charge in [0.25, 0.3) is 11.5 Å². The molecule has 0 saturated carbocycles. The number of carbonyl (C=O) groups is 1. The summed E-state index contributed by atoms with van der Waals surface area (Å²) in [5.41, 5.74) is 0.880. The van der Waals surface area contributed by atoms with Crippen molar-refractivity contribution in [3.63, 3.8) is 0 Å². The Balaban J connectivity index is 1.73. The molecule has 7 heteroatoms. The summed E-state index contributed by atoms with van der Waals surface area (Å²) in [5, 5.41) is 9.34. The van der Waals surface area contributed by atoms with Crippen molar-refractivity contribution in [1.29, 1.82) is 5.26 Å². The maximum atomic E-state index is 12.7. The Bertz CT molecular complexity index is 1080. The van der Waals surface area contributed by atoms with E-state index in [2.05, 4.69) is 9.97 Å². The number of ether oxygens (including phenoxy) is 1.